The summed E-state index contributed by atoms with van der Waals surface area (Å²) in [6.07, 6.45) is 0.599. The van der Waals surface area contributed by atoms with Gasteiger partial charge in [-0.05, 0) is 54.1 Å². The van der Waals surface area contributed by atoms with Gasteiger partial charge in [0.2, 0.25) is 5.91 Å². The predicted molar refractivity (Wildman–Crippen MR) is 143 cm³/mol. The molecular weight excluding hydrogens is 505 g/mol. The van der Waals surface area contributed by atoms with Crippen LogP contribution in [0.5, 0.6) is 0 Å². The number of methoxy groups -OCH3 is 1. The summed E-state index contributed by atoms with van der Waals surface area (Å²) in [5.41, 5.74) is 2.68. The maximum Gasteiger partial charge on any atom is 0.322 e. The van der Waals surface area contributed by atoms with Gasteiger partial charge in [-0.25, -0.2) is 4.79 Å². The molecule has 1 N–H and O–H groups in total. The molecule has 0 spiro atoms. The summed E-state index contributed by atoms with van der Waals surface area (Å²) in [5, 5.41) is 5.59. The third-order valence-corrected chi connectivity index (χ3v) is 7.18. The van der Waals surface area contributed by atoms with E-state index in [4.69, 9.17) is 27.9 Å². The number of benzene rings is 2. The minimum atomic E-state index is -0.389. The van der Waals surface area contributed by atoms with Gasteiger partial charge in [0.15, 0.2) is 0 Å². The second-order valence-electron chi connectivity index (χ2n) is 8.09. The molecule has 0 aliphatic heterocycles. The van der Waals surface area contributed by atoms with Crippen LogP contribution < -0.4 is 5.32 Å². The lowest BCUT2D eigenvalue weighted by Crippen LogP contribution is -2.44. The van der Waals surface area contributed by atoms with Crippen LogP contribution in [0.4, 0.5) is 10.5 Å². The Kier molecular flexibility index (Phi) is 10.4. The third-order valence-electron chi connectivity index (χ3n) is 5.43. The van der Waals surface area contributed by atoms with Crippen LogP contribution in [0, 0.1) is 6.92 Å². The van der Waals surface area contributed by atoms with Crippen LogP contribution >= 0.6 is 34.5 Å². The Morgan fingerprint density at radius 2 is 1.77 bits per heavy atom. The van der Waals surface area contributed by atoms with Crippen LogP contribution in [-0.2, 0) is 22.6 Å². The number of aryl methyl sites for hydroxylation is 1. The molecule has 3 aromatic rings. The number of halogens is 2. The first-order valence-electron chi connectivity index (χ1n) is 11.2. The average molecular weight is 535 g/mol. The molecule has 2 aromatic carbocycles. The second kappa shape index (κ2) is 13.5. The molecule has 0 fully saturated rings. The highest BCUT2D eigenvalue weighted by molar-refractivity contribution is 7.10. The monoisotopic (exact) mass is 533 g/mol. The molecule has 0 bridgehead atoms. The van der Waals surface area contributed by atoms with Gasteiger partial charge >= 0.3 is 6.03 Å². The van der Waals surface area contributed by atoms with E-state index in [-0.39, 0.29) is 18.5 Å². The lowest BCUT2D eigenvalue weighted by atomic mass is 10.2. The fraction of sp³-hybridized carbons (Fsp3) is 0.308. The van der Waals surface area contributed by atoms with Crippen LogP contribution in [0.15, 0.2) is 60.0 Å². The van der Waals surface area contributed by atoms with E-state index in [1.807, 2.05) is 48.7 Å². The van der Waals surface area contributed by atoms with Crippen molar-refractivity contribution in [3.63, 3.8) is 0 Å². The van der Waals surface area contributed by atoms with Gasteiger partial charge in [-0.3, -0.25) is 4.79 Å². The molecule has 0 saturated heterocycles. The zero-order chi connectivity index (χ0) is 25.2. The first-order valence-corrected chi connectivity index (χ1v) is 12.9. The van der Waals surface area contributed by atoms with E-state index in [9.17, 15) is 9.59 Å². The minimum absolute atomic E-state index is 0.0614. The molecule has 3 amide bonds. The maximum absolute atomic E-state index is 13.5. The molecule has 0 unspecified atom stereocenters. The van der Waals surface area contributed by atoms with Crippen LogP contribution in [-0.4, -0.2) is 48.5 Å². The predicted octanol–water partition coefficient (Wildman–Crippen LogP) is 6.46. The van der Waals surface area contributed by atoms with Gasteiger partial charge in [-0.1, -0.05) is 53.5 Å². The van der Waals surface area contributed by atoms with Gasteiger partial charge < -0.3 is 19.9 Å². The van der Waals surface area contributed by atoms with E-state index >= 15 is 0 Å². The average Bonchev–Trinajstić information content (AvgIpc) is 3.25. The molecule has 3 rings (SSSR count). The Morgan fingerprint density at radius 1 is 1.00 bits per heavy atom. The van der Waals surface area contributed by atoms with Gasteiger partial charge in [-0.15, -0.1) is 11.3 Å². The number of nitrogens with one attached hydrogen (secondary N) is 1. The molecule has 6 nitrogen and oxygen atoms in total. The van der Waals surface area contributed by atoms with E-state index in [2.05, 4.69) is 5.32 Å². The SMILES string of the molecule is COCCCN(CC(=O)N(Cc1ccccc1)Cc1sccc1C)C(=O)Nc1ccc(Cl)c(Cl)c1. The van der Waals surface area contributed by atoms with Crippen molar-refractivity contribution in [3.05, 3.63) is 86.0 Å². The van der Waals surface area contributed by atoms with E-state index in [0.29, 0.717) is 48.4 Å². The van der Waals surface area contributed by atoms with Crippen molar-refractivity contribution in [1.82, 2.24) is 9.80 Å². The van der Waals surface area contributed by atoms with Crippen molar-refractivity contribution in [2.24, 2.45) is 0 Å². The van der Waals surface area contributed by atoms with E-state index in [1.54, 1.807) is 41.5 Å². The summed E-state index contributed by atoms with van der Waals surface area (Å²) in [4.78, 5) is 31.1. The summed E-state index contributed by atoms with van der Waals surface area (Å²) in [6, 6.07) is 16.4. The zero-order valence-corrected chi connectivity index (χ0v) is 22.1. The standard InChI is InChI=1S/C26H29Cl2N3O3S/c1-19-11-14-35-24(19)17-31(16-20-7-4-3-5-8-20)25(32)18-30(12-6-13-34-2)26(33)29-21-9-10-22(27)23(28)15-21/h3-5,7-11,14-15H,6,12-13,16-18H2,1-2H3,(H,29,33). The molecule has 186 valence electrons. The third kappa shape index (κ3) is 8.25. The van der Waals surface area contributed by atoms with E-state index in [1.165, 1.54) is 4.90 Å². The topological polar surface area (TPSA) is 61.9 Å². The Labute approximate surface area is 220 Å². The van der Waals surface area contributed by atoms with Gasteiger partial charge in [0.25, 0.3) is 0 Å². The number of urea groups is 1. The normalized spacial score (nSPS) is 10.7. The highest BCUT2D eigenvalue weighted by Crippen LogP contribution is 2.25. The number of amides is 3. The summed E-state index contributed by atoms with van der Waals surface area (Å²) in [7, 11) is 1.61. The first kappa shape index (κ1) is 27.0. The molecule has 1 aromatic heterocycles. The van der Waals surface area contributed by atoms with Crippen molar-refractivity contribution < 1.29 is 14.3 Å². The molecular formula is C26H29Cl2N3O3S. The first-order chi connectivity index (χ1) is 16.9. The molecule has 9 heteroatoms. The highest BCUT2D eigenvalue weighted by atomic mass is 35.5. The maximum atomic E-state index is 13.5. The molecule has 0 aliphatic carbocycles. The zero-order valence-electron chi connectivity index (χ0n) is 19.8. The number of nitrogens with zero attached hydrogens (tertiary/aromatic N) is 2. The van der Waals surface area contributed by atoms with Crippen molar-refractivity contribution in [1.29, 1.82) is 0 Å². The lowest BCUT2D eigenvalue weighted by Gasteiger charge is -2.28. The van der Waals surface area contributed by atoms with Crippen LogP contribution in [0.1, 0.15) is 22.4 Å². The smallest absolute Gasteiger partial charge is 0.322 e. The number of hydrogen-bond donors (Lipinski definition) is 1. The second-order valence-corrected chi connectivity index (χ2v) is 9.90. The van der Waals surface area contributed by atoms with Crippen molar-refractivity contribution in [2.75, 3.05) is 32.1 Å². The number of thiophene rings is 1. The van der Waals surface area contributed by atoms with Gasteiger partial charge in [-0.2, -0.15) is 0 Å². The number of carbonyl (C=O) groups is 2. The van der Waals surface area contributed by atoms with E-state index < -0.39 is 0 Å². The van der Waals surface area contributed by atoms with Gasteiger partial charge in [0.1, 0.15) is 6.54 Å². The number of rotatable bonds is 11. The Balaban J connectivity index is 1.77. The highest BCUT2D eigenvalue weighted by Gasteiger charge is 2.23. The number of anilines is 1. The molecule has 1 heterocycles. The lowest BCUT2D eigenvalue weighted by molar-refractivity contribution is -0.133. The van der Waals surface area contributed by atoms with Crippen molar-refractivity contribution in [2.45, 2.75) is 26.4 Å². The molecule has 35 heavy (non-hydrogen) atoms. The summed E-state index contributed by atoms with van der Waals surface area (Å²) in [5.74, 6) is -0.136. The van der Waals surface area contributed by atoms with E-state index in [0.717, 1.165) is 16.0 Å². The Hall–Kier alpha value is -2.58. The Bertz CT molecular complexity index is 1120. The Morgan fingerprint density at radius 3 is 2.43 bits per heavy atom. The summed E-state index contributed by atoms with van der Waals surface area (Å²) in [6.45, 7) is 3.76. The van der Waals surface area contributed by atoms with Crippen molar-refractivity contribution >= 4 is 52.2 Å². The van der Waals surface area contributed by atoms with Crippen LogP contribution in [0.3, 0.4) is 0 Å². The molecule has 0 aliphatic rings. The minimum Gasteiger partial charge on any atom is -0.385 e. The fourth-order valence-corrected chi connectivity index (χ4v) is 4.69. The van der Waals surface area contributed by atoms with Gasteiger partial charge in [0.05, 0.1) is 16.6 Å². The van der Waals surface area contributed by atoms with Crippen LogP contribution in [0.25, 0.3) is 0 Å². The van der Waals surface area contributed by atoms with Gasteiger partial charge in [0, 0.05) is 37.4 Å². The van der Waals surface area contributed by atoms with Crippen LogP contribution in [0.2, 0.25) is 10.0 Å². The number of carbonyl (C=O) groups excluding carboxylic acids is 2. The van der Waals surface area contributed by atoms with Crippen molar-refractivity contribution in [3.8, 4) is 0 Å². The fourth-order valence-electron chi connectivity index (χ4n) is 3.47. The number of hydrogen-bond acceptors (Lipinski definition) is 4. The summed E-state index contributed by atoms with van der Waals surface area (Å²) >= 11 is 13.7. The molecule has 0 atom stereocenters. The quantitative estimate of drug-likeness (QED) is 0.287. The summed E-state index contributed by atoms with van der Waals surface area (Å²) < 4.78 is 5.15. The molecule has 0 saturated carbocycles. The largest absolute Gasteiger partial charge is 0.385 e. The number of ether oxygens (including phenoxy) is 1. The molecule has 0 radical (unpaired) electrons.